The van der Waals surface area contributed by atoms with E-state index in [4.69, 9.17) is 9.47 Å². The average molecular weight is 332 g/mol. The van der Waals surface area contributed by atoms with Crippen LogP contribution in [0.4, 0.5) is 10.2 Å². The van der Waals surface area contributed by atoms with Crippen molar-refractivity contribution in [3.05, 3.63) is 24.4 Å². The summed E-state index contributed by atoms with van der Waals surface area (Å²) in [5.41, 5.74) is 0.813. The van der Waals surface area contributed by atoms with Crippen molar-refractivity contribution >= 4 is 16.7 Å². The predicted molar refractivity (Wildman–Crippen MR) is 89.4 cm³/mol. The third-order valence-corrected chi connectivity index (χ3v) is 4.50. The third kappa shape index (κ3) is 3.14. The Kier molecular flexibility index (Phi) is 4.44. The summed E-state index contributed by atoms with van der Waals surface area (Å²) in [6.45, 7) is 4.00. The molecule has 4 rings (SSSR count). The van der Waals surface area contributed by atoms with Crippen LogP contribution in [0.2, 0.25) is 0 Å². The maximum Gasteiger partial charge on any atom is 0.225 e. The second-order valence-electron chi connectivity index (χ2n) is 6.12. The van der Waals surface area contributed by atoms with Crippen LogP contribution in [0, 0.1) is 0 Å². The van der Waals surface area contributed by atoms with Gasteiger partial charge in [0.2, 0.25) is 5.88 Å². The van der Waals surface area contributed by atoms with Gasteiger partial charge in [0.1, 0.15) is 18.1 Å². The molecule has 0 amide bonds. The lowest BCUT2D eigenvalue weighted by atomic mass is 10.1. The van der Waals surface area contributed by atoms with E-state index in [9.17, 15) is 4.39 Å². The lowest BCUT2D eigenvalue weighted by Crippen LogP contribution is -2.44. The summed E-state index contributed by atoms with van der Waals surface area (Å²) in [7, 11) is 0. The molecule has 0 saturated carbocycles. The normalized spacial score (nSPS) is 25.0. The molecule has 2 aliphatic rings. The van der Waals surface area contributed by atoms with Crippen LogP contribution >= 0.6 is 0 Å². The maximum absolute atomic E-state index is 14.1. The van der Waals surface area contributed by atoms with Crippen LogP contribution in [0.1, 0.15) is 6.42 Å². The summed E-state index contributed by atoms with van der Waals surface area (Å²) >= 11 is 0. The number of anilines is 1. The Balaban J connectivity index is 1.69. The number of nitrogens with one attached hydrogen (secondary N) is 1. The number of hydrogen-bond donors (Lipinski definition) is 1. The van der Waals surface area contributed by atoms with E-state index in [-0.39, 0.29) is 0 Å². The molecule has 2 fully saturated rings. The topological polar surface area (TPSA) is 59.5 Å². The quantitative estimate of drug-likeness (QED) is 0.920. The molecule has 2 aromatic heterocycles. The Morgan fingerprint density at radius 1 is 1.33 bits per heavy atom. The van der Waals surface area contributed by atoms with Crippen molar-refractivity contribution in [1.82, 2.24) is 15.3 Å². The van der Waals surface area contributed by atoms with Crippen molar-refractivity contribution < 1.29 is 13.9 Å². The Hall–Kier alpha value is -1.99. The van der Waals surface area contributed by atoms with Gasteiger partial charge in [0, 0.05) is 31.9 Å². The van der Waals surface area contributed by atoms with E-state index in [0.29, 0.717) is 32.1 Å². The van der Waals surface area contributed by atoms with Gasteiger partial charge < -0.3 is 19.7 Å². The predicted octanol–water partition coefficient (Wildman–Crippen LogP) is 1.55. The Morgan fingerprint density at radius 3 is 3.04 bits per heavy atom. The fourth-order valence-corrected chi connectivity index (χ4v) is 3.15. The van der Waals surface area contributed by atoms with E-state index in [2.05, 4.69) is 20.2 Å². The number of alkyl halides is 1. The zero-order valence-corrected chi connectivity index (χ0v) is 13.4. The smallest absolute Gasteiger partial charge is 0.225 e. The average Bonchev–Trinajstić information content (AvgIpc) is 2.64. The minimum absolute atomic E-state index is 0.323. The van der Waals surface area contributed by atoms with Crippen LogP contribution in [0.5, 0.6) is 5.88 Å². The Labute approximate surface area is 140 Å². The van der Waals surface area contributed by atoms with Gasteiger partial charge in [0.15, 0.2) is 0 Å². The van der Waals surface area contributed by atoms with Gasteiger partial charge in [-0.2, -0.15) is 4.98 Å². The van der Waals surface area contributed by atoms with E-state index < -0.39 is 12.3 Å². The molecule has 0 aliphatic carbocycles. The van der Waals surface area contributed by atoms with Crippen molar-refractivity contribution in [2.45, 2.75) is 18.7 Å². The summed E-state index contributed by atoms with van der Waals surface area (Å²) in [4.78, 5) is 11.3. The molecule has 2 atom stereocenters. The van der Waals surface area contributed by atoms with Crippen molar-refractivity contribution in [2.24, 2.45) is 0 Å². The fourth-order valence-electron chi connectivity index (χ4n) is 3.15. The highest BCUT2D eigenvalue weighted by atomic mass is 19.1. The maximum atomic E-state index is 14.1. The molecule has 7 heteroatoms. The van der Waals surface area contributed by atoms with E-state index in [1.165, 1.54) is 0 Å². The molecule has 2 aliphatic heterocycles. The summed E-state index contributed by atoms with van der Waals surface area (Å²) in [5.74, 6) is 1.28. The molecule has 0 unspecified atom stereocenters. The number of morpholine rings is 1. The van der Waals surface area contributed by atoms with E-state index in [0.717, 1.165) is 36.4 Å². The zero-order valence-electron chi connectivity index (χ0n) is 13.4. The second kappa shape index (κ2) is 6.86. The number of ether oxygens (including phenoxy) is 2. The molecule has 1 N–H and O–H groups in total. The van der Waals surface area contributed by atoms with Gasteiger partial charge in [0.05, 0.1) is 24.1 Å². The lowest BCUT2D eigenvalue weighted by molar-refractivity contribution is 0.0707. The van der Waals surface area contributed by atoms with Gasteiger partial charge in [-0.1, -0.05) is 0 Å². The lowest BCUT2D eigenvalue weighted by Gasteiger charge is -2.30. The molecule has 0 spiro atoms. The third-order valence-electron chi connectivity index (χ3n) is 4.50. The first kappa shape index (κ1) is 15.5. The fraction of sp³-hybridized carbons (Fsp3) is 0.529. The number of piperidine rings is 1. The molecule has 2 aromatic rings. The number of fused-ring (bicyclic) bond motifs is 1. The number of rotatable bonds is 3. The molecule has 4 heterocycles. The van der Waals surface area contributed by atoms with Gasteiger partial charge in [0.25, 0.3) is 0 Å². The van der Waals surface area contributed by atoms with Gasteiger partial charge in [-0.15, -0.1) is 0 Å². The van der Waals surface area contributed by atoms with Gasteiger partial charge in [-0.25, -0.2) is 4.39 Å². The highest BCUT2D eigenvalue weighted by Gasteiger charge is 2.28. The van der Waals surface area contributed by atoms with Crippen molar-refractivity contribution in [1.29, 1.82) is 0 Å². The van der Waals surface area contributed by atoms with Crippen molar-refractivity contribution in [3.8, 4) is 5.88 Å². The first-order valence-corrected chi connectivity index (χ1v) is 8.41. The SMILES string of the molecule is F[C@H]1CNCC[C@@H]1Oc1nc(N2CCOCC2)cc2ncccc12. The van der Waals surface area contributed by atoms with Crippen LogP contribution in [-0.2, 0) is 4.74 Å². The standard InChI is InChI=1S/C17H21FN4O2/c18-13-11-19-5-3-15(13)24-17-12-2-1-4-20-14(12)10-16(21-17)22-6-8-23-9-7-22/h1-2,4,10,13,15,19H,3,5-9,11H2/t13-,15-/m0/s1. The number of aromatic nitrogens is 2. The molecule has 24 heavy (non-hydrogen) atoms. The number of nitrogens with zero attached hydrogens (tertiary/aromatic N) is 3. The zero-order chi connectivity index (χ0) is 16.4. The molecular formula is C17H21FN4O2. The first-order chi connectivity index (χ1) is 11.8. The second-order valence-corrected chi connectivity index (χ2v) is 6.12. The minimum atomic E-state index is -1.03. The van der Waals surface area contributed by atoms with E-state index in [1.54, 1.807) is 6.20 Å². The largest absolute Gasteiger partial charge is 0.471 e. The molecule has 128 valence electrons. The summed E-state index contributed by atoms with van der Waals surface area (Å²) in [6, 6.07) is 5.73. The van der Waals surface area contributed by atoms with Crippen molar-refractivity contribution in [2.75, 3.05) is 44.3 Å². The van der Waals surface area contributed by atoms with Crippen LogP contribution in [0.3, 0.4) is 0 Å². The molecule has 0 bridgehead atoms. The number of hydrogen-bond acceptors (Lipinski definition) is 6. The van der Waals surface area contributed by atoms with Crippen LogP contribution < -0.4 is 15.0 Å². The molecular weight excluding hydrogens is 311 g/mol. The Bertz CT molecular complexity index is 708. The number of pyridine rings is 2. The molecule has 0 radical (unpaired) electrons. The summed E-state index contributed by atoms with van der Waals surface area (Å²) < 4.78 is 25.5. The van der Waals surface area contributed by atoms with Gasteiger partial charge in [-0.3, -0.25) is 4.98 Å². The monoisotopic (exact) mass is 332 g/mol. The van der Waals surface area contributed by atoms with E-state index in [1.807, 2.05) is 18.2 Å². The van der Waals surface area contributed by atoms with Gasteiger partial charge >= 0.3 is 0 Å². The van der Waals surface area contributed by atoms with Gasteiger partial charge in [-0.05, 0) is 25.1 Å². The molecule has 2 saturated heterocycles. The first-order valence-electron chi connectivity index (χ1n) is 8.41. The van der Waals surface area contributed by atoms with E-state index >= 15 is 0 Å². The summed E-state index contributed by atoms with van der Waals surface area (Å²) in [5, 5.41) is 3.86. The van der Waals surface area contributed by atoms with Crippen molar-refractivity contribution in [3.63, 3.8) is 0 Å². The molecule has 0 aromatic carbocycles. The minimum Gasteiger partial charge on any atom is -0.471 e. The summed E-state index contributed by atoms with van der Waals surface area (Å²) in [6.07, 6.45) is 0.880. The van der Waals surface area contributed by atoms with Crippen LogP contribution in [0.25, 0.3) is 10.9 Å². The molecule has 6 nitrogen and oxygen atoms in total. The Morgan fingerprint density at radius 2 is 2.21 bits per heavy atom. The van der Waals surface area contributed by atoms with Crippen LogP contribution in [-0.4, -0.2) is 61.6 Å². The highest BCUT2D eigenvalue weighted by Crippen LogP contribution is 2.29. The highest BCUT2D eigenvalue weighted by molar-refractivity contribution is 5.85. The number of halogens is 1. The van der Waals surface area contributed by atoms with Crippen LogP contribution in [0.15, 0.2) is 24.4 Å².